The van der Waals surface area contributed by atoms with Crippen LogP contribution in [-0.2, 0) is 16.1 Å². The number of nitrogens with zero attached hydrogens (tertiary/aromatic N) is 1. The van der Waals surface area contributed by atoms with Crippen LogP contribution < -0.4 is 9.47 Å². The fraction of sp³-hybridized carbons (Fsp3) is 0.120. The van der Waals surface area contributed by atoms with Crippen LogP contribution in [0.2, 0.25) is 5.02 Å². The lowest BCUT2D eigenvalue weighted by Gasteiger charge is -2.15. The molecular formula is C25H18ClFINO4. The molecule has 0 bridgehead atoms. The molecule has 8 heteroatoms. The van der Waals surface area contributed by atoms with Gasteiger partial charge in [-0.1, -0.05) is 35.9 Å². The highest BCUT2D eigenvalue weighted by atomic mass is 127. The second-order valence-electron chi connectivity index (χ2n) is 7.00. The predicted molar refractivity (Wildman–Crippen MR) is 133 cm³/mol. The van der Waals surface area contributed by atoms with Crippen LogP contribution in [0.3, 0.4) is 0 Å². The molecule has 0 fully saturated rings. The van der Waals surface area contributed by atoms with E-state index in [0.717, 1.165) is 9.13 Å². The number of aliphatic imine (C=N–C) groups is 1. The normalized spacial score (nSPS) is 14.2. The van der Waals surface area contributed by atoms with Crippen LogP contribution in [0.1, 0.15) is 23.6 Å². The minimum Gasteiger partial charge on any atom is -0.490 e. The Hall–Kier alpha value is -2.91. The second-order valence-corrected chi connectivity index (χ2v) is 8.65. The van der Waals surface area contributed by atoms with Gasteiger partial charge in [0.15, 0.2) is 17.2 Å². The maximum absolute atomic E-state index is 14.0. The lowest BCUT2D eigenvalue weighted by Crippen LogP contribution is -2.07. The van der Waals surface area contributed by atoms with Gasteiger partial charge in [-0.25, -0.2) is 14.2 Å². The fourth-order valence-electron chi connectivity index (χ4n) is 3.17. The van der Waals surface area contributed by atoms with E-state index in [1.165, 1.54) is 18.2 Å². The van der Waals surface area contributed by atoms with Crippen molar-refractivity contribution in [2.24, 2.45) is 4.99 Å². The molecule has 0 amide bonds. The smallest absolute Gasteiger partial charge is 0.363 e. The highest BCUT2D eigenvalue weighted by Gasteiger charge is 2.26. The summed E-state index contributed by atoms with van der Waals surface area (Å²) >= 11 is 8.74. The average molecular weight is 578 g/mol. The summed E-state index contributed by atoms with van der Waals surface area (Å²) in [5.74, 6) is -0.447. The summed E-state index contributed by atoms with van der Waals surface area (Å²) < 4.78 is 32.0. The number of halogens is 3. The second kappa shape index (κ2) is 10.4. The maximum atomic E-state index is 14.0. The number of carbonyl (C=O) groups is 1. The van der Waals surface area contributed by atoms with E-state index in [0.29, 0.717) is 35.3 Å². The largest absolute Gasteiger partial charge is 0.490 e. The van der Waals surface area contributed by atoms with Crippen LogP contribution in [-0.4, -0.2) is 18.5 Å². The molecule has 3 aromatic rings. The van der Waals surface area contributed by atoms with Crippen molar-refractivity contribution in [1.29, 1.82) is 0 Å². The molecule has 0 N–H and O–H groups in total. The van der Waals surface area contributed by atoms with Gasteiger partial charge in [-0.3, -0.25) is 0 Å². The van der Waals surface area contributed by atoms with E-state index in [2.05, 4.69) is 27.6 Å². The lowest BCUT2D eigenvalue weighted by atomic mass is 10.1. The Bertz CT molecular complexity index is 1280. The van der Waals surface area contributed by atoms with Crippen LogP contribution in [0, 0.1) is 9.39 Å². The third-order valence-corrected chi connectivity index (χ3v) is 5.58. The molecule has 0 spiro atoms. The Morgan fingerprint density at radius 3 is 2.70 bits per heavy atom. The zero-order chi connectivity index (χ0) is 23.4. The molecular weight excluding hydrogens is 560 g/mol. The first-order chi connectivity index (χ1) is 15.9. The van der Waals surface area contributed by atoms with Gasteiger partial charge in [-0.15, -0.1) is 0 Å². The van der Waals surface area contributed by atoms with Gasteiger partial charge in [0.1, 0.15) is 12.4 Å². The fourth-order valence-corrected chi connectivity index (χ4v) is 4.05. The van der Waals surface area contributed by atoms with E-state index in [-0.39, 0.29) is 17.2 Å². The number of rotatable bonds is 7. The first kappa shape index (κ1) is 23.3. The average Bonchev–Trinajstić information content (AvgIpc) is 3.13. The number of hydrogen-bond acceptors (Lipinski definition) is 5. The van der Waals surface area contributed by atoms with Crippen molar-refractivity contribution in [1.82, 2.24) is 0 Å². The zero-order valence-corrected chi connectivity index (χ0v) is 20.4. The molecule has 0 aromatic heterocycles. The third-order valence-electron chi connectivity index (χ3n) is 4.63. The first-order valence-corrected chi connectivity index (χ1v) is 11.5. The van der Waals surface area contributed by atoms with Crippen molar-refractivity contribution in [3.63, 3.8) is 0 Å². The van der Waals surface area contributed by atoms with Crippen LogP contribution in [0.15, 0.2) is 71.4 Å². The molecule has 3 aromatic carbocycles. The van der Waals surface area contributed by atoms with Gasteiger partial charge in [0.25, 0.3) is 0 Å². The summed E-state index contributed by atoms with van der Waals surface area (Å²) in [6, 6.07) is 17.2. The van der Waals surface area contributed by atoms with Crippen molar-refractivity contribution in [3.05, 3.63) is 97.5 Å². The number of cyclic esters (lactones) is 1. The van der Waals surface area contributed by atoms with Crippen molar-refractivity contribution in [3.8, 4) is 11.5 Å². The van der Waals surface area contributed by atoms with E-state index >= 15 is 0 Å². The highest BCUT2D eigenvalue weighted by molar-refractivity contribution is 14.1. The van der Waals surface area contributed by atoms with Crippen molar-refractivity contribution < 1.29 is 23.4 Å². The van der Waals surface area contributed by atoms with E-state index in [4.69, 9.17) is 25.8 Å². The summed E-state index contributed by atoms with van der Waals surface area (Å²) in [5.41, 5.74) is 1.70. The number of benzene rings is 3. The molecule has 5 nitrogen and oxygen atoms in total. The Morgan fingerprint density at radius 2 is 1.94 bits per heavy atom. The molecule has 1 aliphatic heterocycles. The van der Waals surface area contributed by atoms with Crippen LogP contribution in [0.25, 0.3) is 6.08 Å². The Kier molecular flexibility index (Phi) is 7.29. The Labute approximate surface area is 209 Å². The van der Waals surface area contributed by atoms with Crippen molar-refractivity contribution >= 4 is 52.1 Å². The maximum Gasteiger partial charge on any atom is 0.363 e. The van der Waals surface area contributed by atoms with E-state index in [9.17, 15) is 9.18 Å². The molecule has 0 radical (unpaired) electrons. The molecule has 1 aliphatic rings. The summed E-state index contributed by atoms with van der Waals surface area (Å²) in [5, 5.41) is 0.322. The Morgan fingerprint density at radius 1 is 1.12 bits per heavy atom. The topological polar surface area (TPSA) is 57.1 Å². The van der Waals surface area contributed by atoms with Crippen molar-refractivity contribution in [2.75, 3.05) is 6.61 Å². The van der Waals surface area contributed by atoms with Crippen LogP contribution in [0.5, 0.6) is 11.5 Å². The number of esters is 1. The molecule has 168 valence electrons. The molecule has 1 heterocycles. The van der Waals surface area contributed by atoms with Crippen LogP contribution >= 0.6 is 34.2 Å². The molecule has 0 atom stereocenters. The van der Waals surface area contributed by atoms with Gasteiger partial charge >= 0.3 is 5.97 Å². The van der Waals surface area contributed by atoms with Gasteiger partial charge < -0.3 is 14.2 Å². The molecule has 0 unspecified atom stereocenters. The SMILES string of the molecule is CCOc1cc(/C=C2\N=C(c3ccccc3F)OC2=O)cc(Cl)c1OCc1cccc(I)c1. The minimum atomic E-state index is -0.679. The zero-order valence-electron chi connectivity index (χ0n) is 17.5. The standard InChI is InChI=1S/C25H18ClFINO4/c1-2-31-22-13-16(11-19(26)23(22)32-14-15-6-5-7-17(28)10-15)12-21-25(30)33-24(29-21)18-8-3-4-9-20(18)27/h3-13H,2,14H2,1H3/b21-12-. The van der Waals surface area contributed by atoms with Gasteiger partial charge in [-0.05, 0) is 83.1 Å². The van der Waals surface area contributed by atoms with E-state index in [1.54, 1.807) is 24.3 Å². The van der Waals surface area contributed by atoms with E-state index in [1.807, 2.05) is 31.2 Å². The molecule has 0 saturated heterocycles. The summed E-state index contributed by atoms with van der Waals surface area (Å²) in [6.07, 6.45) is 1.51. The summed E-state index contributed by atoms with van der Waals surface area (Å²) in [7, 11) is 0. The molecule has 0 aliphatic carbocycles. The summed E-state index contributed by atoms with van der Waals surface area (Å²) in [4.78, 5) is 16.5. The lowest BCUT2D eigenvalue weighted by molar-refractivity contribution is -0.129. The minimum absolute atomic E-state index is 0.0271. The highest BCUT2D eigenvalue weighted by Crippen LogP contribution is 2.38. The Balaban J connectivity index is 1.62. The summed E-state index contributed by atoms with van der Waals surface area (Å²) in [6.45, 7) is 2.56. The molecule has 33 heavy (non-hydrogen) atoms. The van der Waals surface area contributed by atoms with E-state index < -0.39 is 11.8 Å². The van der Waals surface area contributed by atoms with Crippen LogP contribution in [0.4, 0.5) is 4.39 Å². The third kappa shape index (κ3) is 5.54. The molecule has 0 saturated carbocycles. The number of carbonyl (C=O) groups excluding carboxylic acids is 1. The quantitative estimate of drug-likeness (QED) is 0.185. The molecule has 4 rings (SSSR count). The van der Waals surface area contributed by atoms with Gasteiger partial charge in [-0.2, -0.15) is 0 Å². The predicted octanol–water partition coefficient (Wildman–Crippen LogP) is 6.41. The van der Waals surface area contributed by atoms with Gasteiger partial charge in [0.2, 0.25) is 5.90 Å². The number of ether oxygens (including phenoxy) is 3. The van der Waals surface area contributed by atoms with Gasteiger partial charge in [0.05, 0.1) is 17.2 Å². The first-order valence-electron chi connectivity index (χ1n) is 10.1. The monoisotopic (exact) mass is 577 g/mol. The van der Waals surface area contributed by atoms with Crippen molar-refractivity contribution in [2.45, 2.75) is 13.5 Å². The van der Waals surface area contributed by atoms with Gasteiger partial charge in [0, 0.05) is 3.57 Å². The number of hydrogen-bond donors (Lipinski definition) is 0.